The Hall–Kier alpha value is -3.07. The van der Waals surface area contributed by atoms with Crippen LogP contribution in [0.25, 0.3) is 21.5 Å². The highest BCUT2D eigenvalue weighted by molar-refractivity contribution is 7.93. The second kappa shape index (κ2) is 7.16. The van der Waals surface area contributed by atoms with E-state index < -0.39 is 21.5 Å². The third kappa shape index (κ3) is 3.53. The van der Waals surface area contributed by atoms with Gasteiger partial charge in [0.1, 0.15) is 6.61 Å². The molecule has 0 atom stereocenters. The molecule has 0 spiro atoms. The number of benzene rings is 3. The Bertz CT molecular complexity index is 1130. The van der Waals surface area contributed by atoms with E-state index in [4.69, 9.17) is 4.74 Å². The monoisotopic (exact) mass is 409 g/mol. The predicted molar refractivity (Wildman–Crippen MR) is 100 cm³/mol. The average Bonchev–Trinajstić information content (AvgIpc) is 2.66. The van der Waals surface area contributed by atoms with Gasteiger partial charge in [-0.2, -0.15) is 21.6 Å². The number of esters is 1. The van der Waals surface area contributed by atoms with E-state index in [9.17, 15) is 26.4 Å². The molecule has 9 heteroatoms. The van der Waals surface area contributed by atoms with E-state index in [2.05, 4.69) is 6.58 Å². The highest BCUT2D eigenvalue weighted by atomic mass is 32.2. The normalized spacial score (nSPS) is 12.1. The Kier molecular flexibility index (Phi) is 5.03. The van der Waals surface area contributed by atoms with Gasteiger partial charge in [-0.15, -0.1) is 0 Å². The largest absolute Gasteiger partial charge is 0.516 e. The van der Waals surface area contributed by atoms with Crippen molar-refractivity contribution >= 4 is 43.2 Å². The molecule has 3 rings (SSSR count). The van der Waals surface area contributed by atoms with Gasteiger partial charge in [0.25, 0.3) is 0 Å². The molecular weight excluding hydrogens is 395 g/mol. The lowest BCUT2D eigenvalue weighted by Crippen LogP contribution is -2.30. The topological polar surface area (TPSA) is 72.5 Å². The molecule has 0 bridgehead atoms. The van der Waals surface area contributed by atoms with Crippen LogP contribution in [0.1, 0.15) is 5.56 Å². The number of alkyl halides is 3. The number of halogens is 3. The molecule has 0 unspecified atom stereocenters. The fourth-order valence-electron chi connectivity index (χ4n) is 2.88. The summed E-state index contributed by atoms with van der Waals surface area (Å²) >= 11 is 0. The van der Waals surface area contributed by atoms with Gasteiger partial charge in [0.2, 0.25) is 0 Å². The molecule has 0 aromatic heterocycles. The minimum atomic E-state index is -5.62. The second-order valence-electron chi connectivity index (χ2n) is 5.81. The van der Waals surface area contributed by atoms with Crippen molar-refractivity contribution in [3.8, 4) is 0 Å². The van der Waals surface area contributed by atoms with Crippen molar-refractivity contribution in [2.75, 3.05) is 4.72 Å². The SMILES string of the molecule is C=CC(=O)OCc1c2ccccc2c(NS(=O)(=O)C(F)(F)F)c2ccccc12. The van der Waals surface area contributed by atoms with Crippen molar-refractivity contribution in [3.63, 3.8) is 0 Å². The first-order chi connectivity index (χ1) is 13.2. The Morgan fingerprint density at radius 1 is 1.00 bits per heavy atom. The maximum Gasteiger partial charge on any atom is 0.516 e. The standard InChI is InChI=1S/C19H14F3NO4S/c1-2-17(24)27-11-16-12-7-3-5-9-14(12)18(15-10-6-4-8-13(15)16)23-28(25,26)19(20,21)22/h2-10,23H,1,11H2. The molecular formula is C19H14F3NO4S. The lowest BCUT2D eigenvalue weighted by Gasteiger charge is -2.18. The molecule has 3 aromatic carbocycles. The minimum Gasteiger partial charge on any atom is -0.458 e. The summed E-state index contributed by atoms with van der Waals surface area (Å²) in [5.41, 5.74) is -5.12. The van der Waals surface area contributed by atoms with Gasteiger partial charge in [-0.25, -0.2) is 4.79 Å². The Labute approximate surface area is 158 Å². The van der Waals surface area contributed by atoms with Gasteiger partial charge in [0.05, 0.1) is 5.69 Å². The van der Waals surface area contributed by atoms with Gasteiger partial charge >= 0.3 is 21.5 Å². The Morgan fingerprint density at radius 2 is 1.46 bits per heavy atom. The van der Waals surface area contributed by atoms with Crippen LogP contribution in [-0.4, -0.2) is 19.9 Å². The van der Waals surface area contributed by atoms with E-state index in [-0.39, 0.29) is 23.1 Å². The van der Waals surface area contributed by atoms with Crippen LogP contribution >= 0.6 is 0 Å². The lowest BCUT2D eigenvalue weighted by atomic mass is 9.95. The molecule has 5 nitrogen and oxygen atoms in total. The van der Waals surface area contributed by atoms with E-state index >= 15 is 0 Å². The molecule has 1 N–H and O–H groups in total. The van der Waals surface area contributed by atoms with E-state index in [0.717, 1.165) is 6.08 Å². The van der Waals surface area contributed by atoms with E-state index in [1.165, 1.54) is 12.1 Å². The van der Waals surface area contributed by atoms with Gasteiger partial charge < -0.3 is 4.74 Å². The fourth-order valence-corrected chi connectivity index (χ4v) is 3.48. The first-order valence-electron chi connectivity index (χ1n) is 7.96. The second-order valence-corrected chi connectivity index (χ2v) is 7.48. The first-order valence-corrected chi connectivity index (χ1v) is 9.44. The van der Waals surface area contributed by atoms with Gasteiger partial charge in [0.15, 0.2) is 0 Å². The number of hydrogen-bond donors (Lipinski definition) is 1. The average molecular weight is 409 g/mol. The van der Waals surface area contributed by atoms with Gasteiger partial charge in [0, 0.05) is 22.4 Å². The van der Waals surface area contributed by atoms with Crippen molar-refractivity contribution in [1.29, 1.82) is 0 Å². The predicted octanol–water partition coefficient (Wildman–Crippen LogP) is 4.48. The van der Waals surface area contributed by atoms with E-state index in [1.807, 2.05) is 0 Å². The molecule has 146 valence electrons. The third-order valence-corrected chi connectivity index (χ3v) is 5.19. The molecule has 0 aliphatic carbocycles. The summed E-state index contributed by atoms with van der Waals surface area (Å²) in [5.74, 6) is -0.657. The first kappa shape index (κ1) is 19.7. The molecule has 0 amide bonds. The minimum absolute atomic E-state index is 0.155. The van der Waals surface area contributed by atoms with Gasteiger partial charge in [-0.05, 0) is 10.8 Å². The van der Waals surface area contributed by atoms with Crippen molar-refractivity contribution in [2.45, 2.75) is 12.1 Å². The van der Waals surface area contributed by atoms with Crippen molar-refractivity contribution < 1.29 is 31.1 Å². The van der Waals surface area contributed by atoms with Crippen molar-refractivity contribution in [2.24, 2.45) is 0 Å². The molecule has 3 aromatic rings. The summed E-state index contributed by atoms with van der Waals surface area (Å²) in [6.45, 7) is 3.16. The molecule has 0 fully saturated rings. The van der Waals surface area contributed by atoms with Crippen molar-refractivity contribution in [1.82, 2.24) is 0 Å². The third-order valence-electron chi connectivity index (χ3n) is 4.11. The zero-order chi connectivity index (χ0) is 20.5. The number of rotatable bonds is 5. The highest BCUT2D eigenvalue weighted by Crippen LogP contribution is 2.39. The van der Waals surface area contributed by atoms with E-state index in [1.54, 1.807) is 41.1 Å². The Morgan fingerprint density at radius 3 is 1.89 bits per heavy atom. The zero-order valence-corrected chi connectivity index (χ0v) is 15.1. The van der Waals surface area contributed by atoms with Crippen LogP contribution in [0.5, 0.6) is 0 Å². The summed E-state index contributed by atoms with van der Waals surface area (Å²) in [7, 11) is -5.62. The van der Waals surface area contributed by atoms with E-state index in [0.29, 0.717) is 16.3 Å². The Balaban J connectivity index is 2.31. The van der Waals surface area contributed by atoms with Crippen LogP contribution in [0.3, 0.4) is 0 Å². The molecule has 0 aliphatic rings. The number of ether oxygens (including phenoxy) is 1. The molecule has 0 radical (unpaired) electrons. The number of carbonyl (C=O) groups excluding carboxylic acids is 1. The molecule has 28 heavy (non-hydrogen) atoms. The van der Waals surface area contributed by atoms with Crippen LogP contribution < -0.4 is 4.72 Å². The highest BCUT2D eigenvalue weighted by Gasteiger charge is 2.46. The number of hydrogen-bond acceptors (Lipinski definition) is 4. The smallest absolute Gasteiger partial charge is 0.458 e. The molecule has 0 saturated heterocycles. The lowest BCUT2D eigenvalue weighted by molar-refractivity contribution is -0.138. The number of fused-ring (bicyclic) bond motifs is 2. The van der Waals surface area contributed by atoms with Gasteiger partial charge in [-0.1, -0.05) is 55.1 Å². The summed E-state index contributed by atoms with van der Waals surface area (Å²) in [5, 5.41) is 1.41. The summed E-state index contributed by atoms with van der Waals surface area (Å²) in [4.78, 5) is 11.5. The summed E-state index contributed by atoms with van der Waals surface area (Å²) < 4.78 is 69.0. The number of sulfonamides is 1. The zero-order valence-electron chi connectivity index (χ0n) is 14.3. The fraction of sp³-hybridized carbons (Fsp3) is 0.105. The van der Waals surface area contributed by atoms with Crippen LogP contribution in [-0.2, 0) is 26.2 Å². The van der Waals surface area contributed by atoms with Gasteiger partial charge in [-0.3, -0.25) is 4.72 Å². The summed E-state index contributed by atoms with van der Waals surface area (Å²) in [6.07, 6.45) is 0.996. The molecule has 0 saturated carbocycles. The van der Waals surface area contributed by atoms with Crippen LogP contribution in [0.4, 0.5) is 18.9 Å². The number of anilines is 1. The number of nitrogens with one attached hydrogen (secondary N) is 1. The van der Waals surface area contributed by atoms with Crippen LogP contribution in [0.15, 0.2) is 61.2 Å². The van der Waals surface area contributed by atoms with Crippen LogP contribution in [0, 0.1) is 0 Å². The summed E-state index contributed by atoms with van der Waals surface area (Å²) in [6, 6.07) is 12.7. The van der Waals surface area contributed by atoms with Crippen LogP contribution in [0.2, 0.25) is 0 Å². The maximum atomic E-state index is 12.9. The van der Waals surface area contributed by atoms with Crippen molar-refractivity contribution in [3.05, 3.63) is 66.7 Å². The molecule has 0 aliphatic heterocycles. The maximum absolute atomic E-state index is 12.9. The molecule has 0 heterocycles. The quantitative estimate of drug-likeness (QED) is 0.383. The number of carbonyl (C=O) groups is 1.